The van der Waals surface area contributed by atoms with Gasteiger partial charge in [0, 0.05) is 11.6 Å². The molecule has 9 heteroatoms. The Morgan fingerprint density at radius 1 is 1.14 bits per heavy atom. The molecule has 3 heterocycles. The Kier molecular flexibility index (Phi) is 6.73. The van der Waals surface area contributed by atoms with E-state index in [2.05, 4.69) is 31.9 Å². The number of carbonyl (C=O) groups is 1. The first-order valence-corrected chi connectivity index (χ1v) is 13.2. The Bertz CT molecular complexity index is 1600. The van der Waals surface area contributed by atoms with Gasteiger partial charge in [0.1, 0.15) is 5.76 Å². The lowest BCUT2D eigenvalue weighted by atomic mass is 9.93. The van der Waals surface area contributed by atoms with Gasteiger partial charge in [0.05, 0.1) is 32.9 Å². The smallest absolute Gasteiger partial charge is 0.338 e. The predicted octanol–water partition coefficient (Wildman–Crippen LogP) is 5.05. The molecule has 0 bridgehead atoms. The first-order chi connectivity index (χ1) is 17.0. The van der Waals surface area contributed by atoms with Crippen LogP contribution in [0.2, 0.25) is 0 Å². The summed E-state index contributed by atoms with van der Waals surface area (Å²) in [6, 6.07) is 20.0. The number of benzene rings is 2. The maximum atomic E-state index is 13.7. The predicted molar refractivity (Wildman–Crippen MR) is 142 cm³/mol. The lowest BCUT2D eigenvalue weighted by Gasteiger charge is -2.25. The lowest BCUT2D eigenvalue weighted by Crippen LogP contribution is -2.39. The topological polar surface area (TPSA) is 73.8 Å². The van der Waals surface area contributed by atoms with Gasteiger partial charge in [-0.05, 0) is 50.4 Å². The average Bonchev–Trinajstić information content (AvgIpc) is 3.36. The van der Waals surface area contributed by atoms with E-state index in [1.54, 1.807) is 23.6 Å². The third-order valence-electron chi connectivity index (χ3n) is 5.43. The highest BCUT2D eigenvalue weighted by atomic mass is 79.9. The molecule has 176 valence electrons. The molecular weight excluding hydrogens is 596 g/mol. The zero-order valence-electron chi connectivity index (χ0n) is 18.4. The number of rotatable bonds is 5. The van der Waals surface area contributed by atoms with Gasteiger partial charge in [-0.25, -0.2) is 9.79 Å². The maximum Gasteiger partial charge on any atom is 0.338 e. The van der Waals surface area contributed by atoms with Gasteiger partial charge in [0.25, 0.3) is 5.56 Å². The summed E-state index contributed by atoms with van der Waals surface area (Å²) in [6.07, 6.45) is 1.68. The summed E-state index contributed by atoms with van der Waals surface area (Å²) in [6.45, 7) is 1.96. The van der Waals surface area contributed by atoms with Gasteiger partial charge in [-0.1, -0.05) is 72.0 Å². The molecule has 0 fully saturated rings. The van der Waals surface area contributed by atoms with Crippen molar-refractivity contribution >= 4 is 60.9 Å². The molecule has 0 amide bonds. The Hall–Kier alpha value is -3.01. The molecule has 0 aliphatic carbocycles. The molecule has 4 aromatic rings. The van der Waals surface area contributed by atoms with Crippen molar-refractivity contribution in [3.8, 4) is 0 Å². The quantitative estimate of drug-likeness (QED) is 0.295. The molecule has 35 heavy (non-hydrogen) atoms. The summed E-state index contributed by atoms with van der Waals surface area (Å²) in [7, 11) is 0. The van der Waals surface area contributed by atoms with E-state index < -0.39 is 12.0 Å². The number of fused-ring (bicyclic) bond motifs is 1. The Morgan fingerprint density at radius 3 is 2.46 bits per heavy atom. The number of ether oxygens (including phenoxy) is 1. The summed E-state index contributed by atoms with van der Waals surface area (Å²) in [5.41, 5.74) is 2.11. The number of halogens is 2. The normalized spacial score (nSPS) is 15.6. The maximum absolute atomic E-state index is 13.7. The van der Waals surface area contributed by atoms with Crippen molar-refractivity contribution in [2.75, 3.05) is 6.61 Å². The first-order valence-electron chi connectivity index (χ1n) is 10.8. The first kappa shape index (κ1) is 23.7. The van der Waals surface area contributed by atoms with Crippen molar-refractivity contribution in [2.45, 2.75) is 13.0 Å². The molecule has 0 unspecified atom stereocenters. The SMILES string of the molecule is CCOC(=O)C1=C(c2ccccc2)N=c2s/c(=C/c3cc(Br)c(Br)o3)c(=O)n2[C@H]1c1ccccc1. The molecule has 6 nitrogen and oxygen atoms in total. The van der Waals surface area contributed by atoms with Crippen molar-refractivity contribution < 1.29 is 13.9 Å². The number of aromatic nitrogens is 1. The van der Waals surface area contributed by atoms with E-state index in [0.29, 0.717) is 31.0 Å². The molecule has 0 spiro atoms. The zero-order valence-corrected chi connectivity index (χ0v) is 22.4. The van der Waals surface area contributed by atoms with Gasteiger partial charge < -0.3 is 9.15 Å². The molecule has 5 rings (SSSR count). The van der Waals surface area contributed by atoms with Crippen LogP contribution >= 0.6 is 43.2 Å². The fourth-order valence-corrected chi connectivity index (χ4v) is 5.54. The van der Waals surface area contributed by atoms with Crippen LogP contribution in [-0.4, -0.2) is 17.1 Å². The van der Waals surface area contributed by atoms with Crippen molar-refractivity contribution in [1.82, 2.24) is 4.57 Å². The minimum absolute atomic E-state index is 0.207. The number of hydrogen-bond acceptors (Lipinski definition) is 6. The van der Waals surface area contributed by atoms with E-state index in [1.807, 2.05) is 60.7 Å². The molecule has 1 aliphatic rings. The van der Waals surface area contributed by atoms with E-state index >= 15 is 0 Å². The third kappa shape index (κ3) is 4.51. The highest BCUT2D eigenvalue weighted by Crippen LogP contribution is 2.35. The summed E-state index contributed by atoms with van der Waals surface area (Å²) >= 11 is 7.97. The summed E-state index contributed by atoms with van der Waals surface area (Å²) < 4.78 is 14.4. The number of thiazole rings is 1. The fraction of sp³-hybridized carbons (Fsp3) is 0.115. The third-order valence-corrected chi connectivity index (χ3v) is 8.12. The molecule has 0 N–H and O–H groups in total. The molecule has 2 aromatic heterocycles. The van der Waals surface area contributed by atoms with Gasteiger partial charge in [-0.3, -0.25) is 9.36 Å². The van der Waals surface area contributed by atoms with Crippen molar-refractivity contribution in [2.24, 2.45) is 4.99 Å². The van der Waals surface area contributed by atoms with Crippen LogP contribution in [0, 0.1) is 0 Å². The second kappa shape index (κ2) is 9.93. The average molecular weight is 614 g/mol. The Labute approximate surface area is 221 Å². The molecule has 1 aliphatic heterocycles. The number of esters is 1. The minimum atomic E-state index is -0.695. The van der Waals surface area contributed by atoms with Crippen LogP contribution in [0.25, 0.3) is 11.8 Å². The second-order valence-electron chi connectivity index (χ2n) is 7.61. The summed E-state index contributed by atoms with van der Waals surface area (Å²) in [5, 5.41) is 0. The molecule has 0 radical (unpaired) electrons. The van der Waals surface area contributed by atoms with Crippen molar-refractivity contribution in [1.29, 1.82) is 0 Å². The van der Waals surface area contributed by atoms with E-state index in [4.69, 9.17) is 14.1 Å². The van der Waals surface area contributed by atoms with E-state index in [0.717, 1.165) is 15.6 Å². The van der Waals surface area contributed by atoms with E-state index in [-0.39, 0.29) is 12.2 Å². The zero-order chi connectivity index (χ0) is 24.5. The molecule has 0 saturated heterocycles. The lowest BCUT2D eigenvalue weighted by molar-refractivity contribution is -0.138. The van der Waals surface area contributed by atoms with Crippen molar-refractivity contribution in [3.05, 3.63) is 118 Å². The number of carbonyl (C=O) groups excluding carboxylic acids is 1. The van der Waals surface area contributed by atoms with Crippen molar-refractivity contribution in [3.63, 3.8) is 0 Å². The highest BCUT2D eigenvalue weighted by molar-refractivity contribution is 9.13. The highest BCUT2D eigenvalue weighted by Gasteiger charge is 2.35. The van der Waals surface area contributed by atoms with Gasteiger partial charge >= 0.3 is 5.97 Å². The van der Waals surface area contributed by atoms with Crippen LogP contribution in [-0.2, 0) is 9.53 Å². The standard InChI is InChI=1S/C26H18Br2N2O4S/c1-2-33-25(32)20-21(15-9-5-3-6-10-15)29-26-30(22(20)16-11-7-4-8-12-16)24(31)19(35-26)14-17-13-18(27)23(28)34-17/h3-14,22H,2H2,1H3/b19-14+/t22-/m0/s1. The van der Waals surface area contributed by atoms with E-state index in [9.17, 15) is 9.59 Å². The molecule has 2 aromatic carbocycles. The van der Waals surface area contributed by atoms with Crippen LogP contribution < -0.4 is 14.9 Å². The summed E-state index contributed by atoms with van der Waals surface area (Å²) in [4.78, 5) is 32.3. The van der Waals surface area contributed by atoms with Gasteiger partial charge in [0.15, 0.2) is 9.47 Å². The van der Waals surface area contributed by atoms with Gasteiger partial charge in [-0.2, -0.15) is 0 Å². The summed E-state index contributed by atoms with van der Waals surface area (Å²) in [5.74, 6) is 0.00953. The Balaban J connectivity index is 1.83. The molecule has 0 saturated carbocycles. The molecule has 1 atom stereocenters. The van der Waals surface area contributed by atoms with Crippen LogP contribution in [0.4, 0.5) is 0 Å². The number of furan rings is 1. The van der Waals surface area contributed by atoms with Crippen LogP contribution in [0.5, 0.6) is 0 Å². The number of nitrogens with zero attached hydrogens (tertiary/aromatic N) is 2. The largest absolute Gasteiger partial charge is 0.463 e. The minimum Gasteiger partial charge on any atom is -0.463 e. The van der Waals surface area contributed by atoms with Gasteiger partial charge in [0.2, 0.25) is 0 Å². The fourth-order valence-electron chi connectivity index (χ4n) is 3.95. The van der Waals surface area contributed by atoms with Crippen LogP contribution in [0.1, 0.15) is 29.9 Å². The van der Waals surface area contributed by atoms with E-state index in [1.165, 1.54) is 11.3 Å². The second-order valence-corrected chi connectivity index (χ2v) is 10.2. The van der Waals surface area contributed by atoms with Crippen LogP contribution in [0.3, 0.4) is 0 Å². The molecular formula is C26H18Br2N2O4S. The number of hydrogen-bond donors (Lipinski definition) is 0. The Morgan fingerprint density at radius 2 is 1.83 bits per heavy atom. The van der Waals surface area contributed by atoms with Crippen LogP contribution in [0.15, 0.2) is 95.6 Å². The van der Waals surface area contributed by atoms with Gasteiger partial charge in [-0.15, -0.1) is 0 Å². The monoisotopic (exact) mass is 612 g/mol.